The molecule has 12 aromatic rings. The van der Waals surface area contributed by atoms with E-state index in [-0.39, 0.29) is 0 Å². The highest BCUT2D eigenvalue weighted by molar-refractivity contribution is 6.02. The molecule has 2 aliphatic carbocycles. The summed E-state index contributed by atoms with van der Waals surface area (Å²) in [4.78, 5) is 2.50. The average Bonchev–Trinajstić information content (AvgIpc) is 3.76. The van der Waals surface area contributed by atoms with E-state index in [1.165, 1.54) is 50.1 Å². The largest absolute Gasteiger partial charge is 0.457 e. The van der Waals surface area contributed by atoms with Crippen LogP contribution in [0.25, 0.3) is 55.6 Å². The summed E-state index contributed by atoms with van der Waals surface area (Å²) in [6.07, 6.45) is 0. The van der Waals surface area contributed by atoms with Crippen molar-refractivity contribution in [2.24, 2.45) is 0 Å². The van der Waals surface area contributed by atoms with Gasteiger partial charge in [0.1, 0.15) is 23.0 Å². The van der Waals surface area contributed by atoms with Gasteiger partial charge in [-0.05, 0) is 121 Å². The summed E-state index contributed by atoms with van der Waals surface area (Å²) < 4.78 is 13.5. The molecule has 2 heterocycles. The topological polar surface area (TPSA) is 21.7 Å². The van der Waals surface area contributed by atoms with Gasteiger partial charge in [-0.25, -0.2) is 0 Å². The molecule has 3 nitrogen and oxygen atoms in total. The molecule has 0 radical (unpaired) electrons. The molecule has 3 heteroatoms. The molecule has 0 unspecified atom stereocenters. The highest BCUT2D eigenvalue weighted by Crippen LogP contribution is 2.65. The van der Waals surface area contributed by atoms with Crippen LogP contribution in [0.15, 0.2) is 285 Å². The number of rotatable bonds is 6. The lowest BCUT2D eigenvalue weighted by Crippen LogP contribution is -2.32. The molecule has 0 aromatic heterocycles. The quantitative estimate of drug-likeness (QED) is 0.166. The van der Waals surface area contributed by atoms with Crippen LogP contribution in [-0.4, -0.2) is 0 Å². The van der Waals surface area contributed by atoms with Crippen molar-refractivity contribution < 1.29 is 9.47 Å². The van der Waals surface area contributed by atoms with Crippen molar-refractivity contribution in [2.45, 2.75) is 10.8 Å². The first-order chi connectivity index (χ1) is 38.2. The van der Waals surface area contributed by atoms with Crippen LogP contribution < -0.4 is 14.4 Å². The van der Waals surface area contributed by atoms with Crippen LogP contribution in [0.1, 0.15) is 44.5 Å². The Bertz CT molecular complexity index is 4290. The van der Waals surface area contributed by atoms with Crippen molar-refractivity contribution in [1.29, 1.82) is 0 Å². The van der Waals surface area contributed by atoms with E-state index in [4.69, 9.17) is 9.47 Å². The van der Waals surface area contributed by atoms with Crippen LogP contribution in [0.5, 0.6) is 23.0 Å². The van der Waals surface area contributed by atoms with Gasteiger partial charge in [0.05, 0.1) is 22.2 Å². The highest BCUT2D eigenvalue weighted by atomic mass is 16.5. The van der Waals surface area contributed by atoms with E-state index >= 15 is 0 Å². The summed E-state index contributed by atoms with van der Waals surface area (Å²) in [5.41, 5.74) is 23.4. The second-order valence-electron chi connectivity index (χ2n) is 20.6. The number of ether oxygens (including phenoxy) is 2. The smallest absolute Gasteiger partial charge is 0.132 e. The standard InChI is InChI=1S/C74H47NO2/c1-2-22-48(23-3-1)49-24-20-25-51(46-49)75(66-38-14-6-26-52(66)50-44-45-54-53-27-4-8-31-58(53)74(65(54)47-50)62-35-12-18-42-70(62)77-71-43-19-13-36-63(71)74)67-39-15-7-28-55(67)56-30-21-37-64-72(56)57-29-5-9-32-59(57)73(64)60-33-10-16-40-68(60)76-69-41-17-11-34-61(69)73/h1-47H. The molecule has 0 fully saturated rings. The lowest BCUT2D eigenvalue weighted by Gasteiger charge is -2.39. The third-order valence-corrected chi connectivity index (χ3v) is 16.8. The lowest BCUT2D eigenvalue weighted by molar-refractivity contribution is 0.436. The number of benzene rings is 12. The van der Waals surface area contributed by atoms with Crippen LogP contribution >= 0.6 is 0 Å². The predicted molar refractivity (Wildman–Crippen MR) is 312 cm³/mol. The van der Waals surface area contributed by atoms with Crippen molar-refractivity contribution in [2.75, 3.05) is 4.90 Å². The maximum atomic E-state index is 6.75. The fraction of sp³-hybridized carbons (Fsp3) is 0.0270. The van der Waals surface area contributed by atoms with Crippen LogP contribution in [0.3, 0.4) is 0 Å². The van der Waals surface area contributed by atoms with Crippen LogP contribution in [-0.2, 0) is 10.8 Å². The molecule has 0 saturated heterocycles. The molecule has 4 aliphatic rings. The normalized spacial score (nSPS) is 13.9. The van der Waals surface area contributed by atoms with Gasteiger partial charge in [0.25, 0.3) is 0 Å². The predicted octanol–water partition coefficient (Wildman–Crippen LogP) is 19.1. The van der Waals surface area contributed by atoms with Crippen molar-refractivity contribution in [3.8, 4) is 78.6 Å². The maximum absolute atomic E-state index is 6.75. The van der Waals surface area contributed by atoms with Crippen LogP contribution in [0.2, 0.25) is 0 Å². The third-order valence-electron chi connectivity index (χ3n) is 16.8. The molecule has 0 saturated carbocycles. The molecule has 2 aliphatic heterocycles. The van der Waals surface area contributed by atoms with Gasteiger partial charge in [-0.3, -0.25) is 0 Å². The zero-order chi connectivity index (χ0) is 50.7. The second-order valence-corrected chi connectivity index (χ2v) is 20.6. The number of para-hydroxylation sites is 6. The first-order valence-corrected chi connectivity index (χ1v) is 26.6. The Morgan fingerprint density at radius 3 is 1.27 bits per heavy atom. The van der Waals surface area contributed by atoms with Gasteiger partial charge in [0.15, 0.2) is 0 Å². The number of hydrogen-bond donors (Lipinski definition) is 0. The third kappa shape index (κ3) is 6.08. The van der Waals surface area contributed by atoms with E-state index < -0.39 is 10.8 Å². The average molecular weight is 982 g/mol. The molecule has 0 bridgehead atoms. The van der Waals surface area contributed by atoms with Gasteiger partial charge in [-0.15, -0.1) is 0 Å². The maximum Gasteiger partial charge on any atom is 0.132 e. The first kappa shape index (κ1) is 43.4. The van der Waals surface area contributed by atoms with Gasteiger partial charge < -0.3 is 14.4 Å². The summed E-state index contributed by atoms with van der Waals surface area (Å²) in [7, 11) is 0. The molecule has 360 valence electrons. The zero-order valence-electron chi connectivity index (χ0n) is 41.9. The van der Waals surface area contributed by atoms with E-state index in [9.17, 15) is 0 Å². The molecular formula is C74H47NO2. The summed E-state index contributed by atoms with van der Waals surface area (Å²) in [6.45, 7) is 0. The summed E-state index contributed by atoms with van der Waals surface area (Å²) in [5, 5.41) is 0. The van der Waals surface area contributed by atoms with Crippen molar-refractivity contribution in [3.05, 3.63) is 330 Å². The molecule has 12 aromatic carbocycles. The molecule has 0 atom stereocenters. The molecule has 16 rings (SSSR count). The fourth-order valence-electron chi connectivity index (χ4n) is 13.8. The first-order valence-electron chi connectivity index (χ1n) is 26.6. The van der Waals surface area contributed by atoms with Crippen LogP contribution in [0.4, 0.5) is 17.1 Å². The van der Waals surface area contributed by atoms with Crippen LogP contribution in [0, 0.1) is 0 Å². The van der Waals surface area contributed by atoms with Gasteiger partial charge in [0, 0.05) is 39.1 Å². The van der Waals surface area contributed by atoms with E-state index in [0.717, 1.165) is 90.1 Å². The molecular weight excluding hydrogens is 935 g/mol. The molecule has 2 spiro atoms. The van der Waals surface area contributed by atoms with Gasteiger partial charge >= 0.3 is 0 Å². The summed E-state index contributed by atoms with van der Waals surface area (Å²) in [5.74, 6) is 3.53. The number of fused-ring (bicyclic) bond motifs is 18. The second kappa shape index (κ2) is 16.8. The molecule has 0 N–H and O–H groups in total. The monoisotopic (exact) mass is 981 g/mol. The van der Waals surface area contributed by atoms with Gasteiger partial charge in [-0.1, -0.05) is 231 Å². The summed E-state index contributed by atoms with van der Waals surface area (Å²) >= 11 is 0. The molecule has 77 heavy (non-hydrogen) atoms. The Kier molecular flexibility index (Phi) is 9.47. The SMILES string of the molecule is c1ccc(-c2cccc(N(c3ccccc3-c3ccc4c(c3)C3(c5ccccc5Oc5ccccc53)c3ccccc3-4)c3ccccc3-c3cccc4c3-c3ccccc3C43c4ccccc4Oc4ccccc43)c2)cc1. The van der Waals surface area contributed by atoms with Crippen molar-refractivity contribution >= 4 is 17.1 Å². The highest BCUT2D eigenvalue weighted by Gasteiger charge is 2.53. The Labute approximate surface area is 448 Å². The van der Waals surface area contributed by atoms with Crippen molar-refractivity contribution in [3.63, 3.8) is 0 Å². The lowest BCUT2D eigenvalue weighted by atomic mass is 9.66. The van der Waals surface area contributed by atoms with Gasteiger partial charge in [0.2, 0.25) is 0 Å². The number of hydrogen-bond acceptors (Lipinski definition) is 3. The Morgan fingerprint density at radius 2 is 0.649 bits per heavy atom. The minimum Gasteiger partial charge on any atom is -0.457 e. The van der Waals surface area contributed by atoms with E-state index in [1.54, 1.807) is 0 Å². The Morgan fingerprint density at radius 1 is 0.234 bits per heavy atom. The fourth-order valence-corrected chi connectivity index (χ4v) is 13.8. The van der Waals surface area contributed by atoms with E-state index in [1.807, 2.05) is 0 Å². The van der Waals surface area contributed by atoms with Crippen molar-refractivity contribution in [1.82, 2.24) is 0 Å². The zero-order valence-corrected chi connectivity index (χ0v) is 41.9. The number of nitrogens with zero attached hydrogens (tertiary/aromatic N) is 1. The van der Waals surface area contributed by atoms with E-state index in [0.29, 0.717) is 0 Å². The van der Waals surface area contributed by atoms with E-state index in [2.05, 4.69) is 290 Å². The molecule has 0 amide bonds. The number of anilines is 3. The minimum absolute atomic E-state index is 0.602. The Hall–Kier alpha value is -9.96. The minimum atomic E-state index is -0.606. The van der Waals surface area contributed by atoms with Gasteiger partial charge in [-0.2, -0.15) is 0 Å². The Balaban J connectivity index is 0.943. The summed E-state index contributed by atoms with van der Waals surface area (Å²) in [6, 6.07) is 104.